The molecule has 1 heterocycles. The van der Waals surface area contributed by atoms with Crippen molar-refractivity contribution in [3.8, 4) is 22.5 Å². The van der Waals surface area contributed by atoms with E-state index in [4.69, 9.17) is 10.2 Å². The number of nitrogens with zero attached hydrogens (tertiary/aromatic N) is 2. The zero-order valence-corrected chi connectivity index (χ0v) is 17.9. The Hall–Kier alpha value is -3.26. The third-order valence-electron chi connectivity index (χ3n) is 9.00. The summed E-state index contributed by atoms with van der Waals surface area (Å²) in [5.41, 5.74) is 11.0. The molecular weight excluding hydrogens is 388 g/mol. The van der Waals surface area contributed by atoms with Gasteiger partial charge < -0.3 is 0 Å². The van der Waals surface area contributed by atoms with Crippen LogP contribution < -0.4 is 0 Å². The minimum Gasteiger partial charge on any atom is -0.150 e. The molecule has 32 heavy (non-hydrogen) atoms. The molecule has 2 heteroatoms. The molecule has 0 unspecified atom stereocenters. The number of fused-ring (bicyclic) bond motifs is 15. The van der Waals surface area contributed by atoms with Gasteiger partial charge in [0.05, 0.1) is 11.4 Å². The quantitative estimate of drug-likeness (QED) is 0.334. The Morgan fingerprint density at radius 1 is 0.469 bits per heavy atom. The lowest BCUT2D eigenvalue weighted by molar-refractivity contribution is 0.319. The lowest BCUT2D eigenvalue weighted by Gasteiger charge is -2.38. The van der Waals surface area contributed by atoms with Crippen LogP contribution in [0.5, 0.6) is 0 Å². The molecule has 2 saturated carbocycles. The Balaban J connectivity index is 1.37. The molecule has 0 saturated heterocycles. The summed E-state index contributed by atoms with van der Waals surface area (Å²) < 4.78 is 0. The highest BCUT2D eigenvalue weighted by Crippen LogP contribution is 2.75. The normalized spacial score (nSPS) is 30.2. The molecule has 154 valence electrons. The highest BCUT2D eigenvalue weighted by atomic mass is 15.1. The van der Waals surface area contributed by atoms with E-state index in [0.717, 1.165) is 35.1 Å². The topological polar surface area (TPSA) is 25.8 Å². The van der Waals surface area contributed by atoms with Crippen molar-refractivity contribution in [3.63, 3.8) is 0 Å². The van der Waals surface area contributed by atoms with Gasteiger partial charge in [-0.2, -0.15) is 0 Å². The maximum atomic E-state index is 4.89. The van der Waals surface area contributed by atoms with Crippen LogP contribution in [0.1, 0.15) is 58.8 Å². The molecule has 2 nitrogen and oxygen atoms in total. The lowest BCUT2D eigenvalue weighted by atomic mass is 9.66. The second-order valence-corrected chi connectivity index (χ2v) is 10.1. The summed E-state index contributed by atoms with van der Waals surface area (Å²) >= 11 is 0. The van der Waals surface area contributed by atoms with Gasteiger partial charge in [-0.3, -0.25) is 0 Å². The molecule has 0 aliphatic heterocycles. The number of benzene rings is 3. The first-order valence-electron chi connectivity index (χ1n) is 12.0. The summed E-state index contributed by atoms with van der Waals surface area (Å²) in [5.74, 6) is 4.20. The van der Waals surface area contributed by atoms with Gasteiger partial charge in [0.25, 0.3) is 0 Å². The van der Waals surface area contributed by atoms with Gasteiger partial charge in [-0.25, -0.2) is 0 Å². The molecule has 0 radical (unpaired) electrons. The molecule has 0 spiro atoms. The standard InChI is InChI=1S/C30H24N2/c1-3-9-17(10-4-1)29-27-23-16-24(28(27)30(32-31-29)18-11-5-2-6-12-18)26-22-15-21(25(23)26)19-13-7-8-14-20(19)22/h1-14,21-26H,15-16H2/t21-,22+,23-,24+,25-,26+. The monoisotopic (exact) mass is 412 g/mol. The number of rotatable bonds is 2. The van der Waals surface area contributed by atoms with Crippen LogP contribution in [0.15, 0.2) is 84.9 Å². The molecule has 4 aliphatic rings. The maximum absolute atomic E-state index is 4.89. The van der Waals surface area contributed by atoms with Crippen LogP contribution in [-0.4, -0.2) is 10.2 Å². The van der Waals surface area contributed by atoms with Crippen molar-refractivity contribution in [2.24, 2.45) is 11.8 Å². The summed E-state index contributed by atoms with van der Waals surface area (Å²) in [6.45, 7) is 0. The van der Waals surface area contributed by atoms with Gasteiger partial charge in [0, 0.05) is 11.1 Å². The molecule has 4 aliphatic carbocycles. The molecule has 0 N–H and O–H groups in total. The fourth-order valence-corrected chi connectivity index (χ4v) is 8.12. The van der Waals surface area contributed by atoms with Crippen molar-refractivity contribution in [3.05, 3.63) is 107 Å². The van der Waals surface area contributed by atoms with Crippen molar-refractivity contribution in [1.82, 2.24) is 10.2 Å². The van der Waals surface area contributed by atoms with Crippen molar-refractivity contribution < 1.29 is 0 Å². The van der Waals surface area contributed by atoms with Crippen LogP contribution in [0.4, 0.5) is 0 Å². The lowest BCUT2D eigenvalue weighted by Crippen LogP contribution is -2.28. The highest BCUT2D eigenvalue weighted by Gasteiger charge is 2.64. The summed E-state index contributed by atoms with van der Waals surface area (Å²) in [5, 5.41) is 9.77. The average Bonchev–Trinajstić information content (AvgIpc) is 3.62. The van der Waals surface area contributed by atoms with Crippen LogP contribution in [0.2, 0.25) is 0 Å². The fraction of sp³-hybridized carbons (Fsp3) is 0.267. The minimum atomic E-state index is 0.608. The Morgan fingerprint density at radius 2 is 0.875 bits per heavy atom. The SMILES string of the molecule is c1ccc(-c2nnc(-c3ccccc3)c3c2[C@H]2C[C@@H]3[C@@H]3[C@H]2[C@H]2C[C@@H]3c3ccccc32)cc1. The smallest absolute Gasteiger partial charge is 0.0967 e. The van der Waals surface area contributed by atoms with Crippen molar-refractivity contribution in [2.75, 3.05) is 0 Å². The van der Waals surface area contributed by atoms with Gasteiger partial charge in [0.15, 0.2) is 0 Å². The molecule has 8 rings (SSSR count). The third-order valence-corrected chi connectivity index (χ3v) is 9.00. The van der Waals surface area contributed by atoms with E-state index in [-0.39, 0.29) is 0 Å². The van der Waals surface area contributed by atoms with E-state index in [1.165, 1.54) is 35.1 Å². The van der Waals surface area contributed by atoms with Gasteiger partial charge in [0.1, 0.15) is 0 Å². The molecule has 4 aromatic rings. The average molecular weight is 413 g/mol. The Labute approximate surface area is 188 Å². The number of aromatic nitrogens is 2. The Bertz CT molecular complexity index is 1260. The van der Waals surface area contributed by atoms with Crippen LogP contribution in [-0.2, 0) is 0 Å². The summed E-state index contributed by atoms with van der Waals surface area (Å²) in [4.78, 5) is 0. The van der Waals surface area contributed by atoms with Gasteiger partial charge in [-0.05, 0) is 70.6 Å². The van der Waals surface area contributed by atoms with Crippen molar-refractivity contribution in [1.29, 1.82) is 0 Å². The summed E-state index contributed by atoms with van der Waals surface area (Å²) in [6.07, 6.45) is 2.62. The third kappa shape index (κ3) is 2.06. The Morgan fingerprint density at radius 3 is 1.34 bits per heavy atom. The number of hydrogen-bond donors (Lipinski definition) is 0. The molecule has 6 atom stereocenters. The van der Waals surface area contributed by atoms with E-state index in [2.05, 4.69) is 84.9 Å². The van der Waals surface area contributed by atoms with Crippen molar-refractivity contribution in [2.45, 2.75) is 36.5 Å². The maximum Gasteiger partial charge on any atom is 0.0967 e. The van der Waals surface area contributed by atoms with E-state index in [1.807, 2.05) is 0 Å². The van der Waals surface area contributed by atoms with E-state index in [9.17, 15) is 0 Å². The molecule has 0 amide bonds. The molecule has 3 aromatic carbocycles. The number of hydrogen-bond acceptors (Lipinski definition) is 2. The van der Waals surface area contributed by atoms with Crippen LogP contribution in [0.25, 0.3) is 22.5 Å². The molecule has 1 aromatic heterocycles. The van der Waals surface area contributed by atoms with E-state index in [1.54, 1.807) is 11.1 Å². The zero-order chi connectivity index (χ0) is 20.8. The van der Waals surface area contributed by atoms with Crippen LogP contribution in [0.3, 0.4) is 0 Å². The second-order valence-electron chi connectivity index (χ2n) is 10.1. The molecular formula is C30H24N2. The van der Waals surface area contributed by atoms with E-state index in [0.29, 0.717) is 11.8 Å². The van der Waals surface area contributed by atoms with Gasteiger partial charge in [0.2, 0.25) is 0 Å². The first-order chi connectivity index (χ1) is 15.9. The van der Waals surface area contributed by atoms with Gasteiger partial charge in [-0.15, -0.1) is 10.2 Å². The van der Waals surface area contributed by atoms with Gasteiger partial charge >= 0.3 is 0 Å². The predicted molar refractivity (Wildman–Crippen MR) is 127 cm³/mol. The van der Waals surface area contributed by atoms with E-state index < -0.39 is 0 Å². The molecule has 2 fully saturated rings. The summed E-state index contributed by atoms with van der Waals surface area (Å²) in [6, 6.07) is 30.8. The fourth-order valence-electron chi connectivity index (χ4n) is 8.12. The zero-order valence-electron chi connectivity index (χ0n) is 17.9. The van der Waals surface area contributed by atoms with Gasteiger partial charge in [-0.1, -0.05) is 84.9 Å². The van der Waals surface area contributed by atoms with Crippen LogP contribution >= 0.6 is 0 Å². The van der Waals surface area contributed by atoms with Crippen molar-refractivity contribution >= 4 is 0 Å². The minimum absolute atomic E-state index is 0.608. The largest absolute Gasteiger partial charge is 0.150 e. The highest BCUT2D eigenvalue weighted by molar-refractivity contribution is 5.75. The second kappa shape index (κ2) is 6.16. The molecule has 4 bridgehead atoms. The predicted octanol–water partition coefficient (Wildman–Crippen LogP) is 6.91. The first kappa shape index (κ1) is 17.3. The Kier molecular flexibility index (Phi) is 3.33. The summed E-state index contributed by atoms with van der Waals surface area (Å²) in [7, 11) is 0. The first-order valence-corrected chi connectivity index (χ1v) is 12.0. The van der Waals surface area contributed by atoms with Crippen LogP contribution in [0, 0.1) is 11.8 Å². The van der Waals surface area contributed by atoms with E-state index >= 15 is 0 Å².